The van der Waals surface area contributed by atoms with E-state index in [0.29, 0.717) is 12.3 Å². The second-order valence-corrected chi connectivity index (χ2v) is 9.46. The van der Waals surface area contributed by atoms with Crippen LogP contribution in [-0.2, 0) is 23.8 Å². The molecule has 24 heavy (non-hydrogen) atoms. The van der Waals surface area contributed by atoms with Gasteiger partial charge in [0.1, 0.15) is 6.10 Å². The van der Waals surface area contributed by atoms with Crippen LogP contribution in [0.15, 0.2) is 0 Å². The van der Waals surface area contributed by atoms with Crippen molar-refractivity contribution in [3.05, 3.63) is 0 Å². The van der Waals surface area contributed by atoms with Gasteiger partial charge in [0.15, 0.2) is 6.79 Å². The maximum absolute atomic E-state index is 12.4. The lowest BCUT2D eigenvalue weighted by Crippen LogP contribution is -2.48. The fourth-order valence-corrected chi connectivity index (χ4v) is 4.24. The van der Waals surface area contributed by atoms with E-state index < -0.39 is 5.41 Å². The molecule has 4 bridgehead atoms. The van der Waals surface area contributed by atoms with Crippen molar-refractivity contribution >= 4 is 11.9 Å². The molecule has 2 saturated heterocycles. The molecule has 0 radical (unpaired) electrons. The Balaban J connectivity index is 1.61. The van der Waals surface area contributed by atoms with Gasteiger partial charge in [-0.3, -0.25) is 9.59 Å². The minimum atomic E-state index is -0.589. The SMILES string of the molecule is CC(C)(C)C(C)(C)C(=O)OCOC12CC3CC(C1)OC(=O)C(C3)C2. The average Bonchev–Trinajstić information content (AvgIpc) is 2.59. The lowest BCUT2D eigenvalue weighted by Gasteiger charge is -2.45. The highest BCUT2D eigenvalue weighted by molar-refractivity contribution is 5.76. The van der Waals surface area contributed by atoms with Gasteiger partial charge in [-0.25, -0.2) is 0 Å². The molecule has 2 aliphatic carbocycles. The first-order chi connectivity index (χ1) is 11.0. The van der Waals surface area contributed by atoms with Crippen molar-refractivity contribution < 1.29 is 23.8 Å². The molecule has 0 spiro atoms. The molecular formula is C19H30O5. The predicted octanol–water partition coefficient (Wildman–Crippen LogP) is 3.45. The van der Waals surface area contributed by atoms with Gasteiger partial charge in [-0.05, 0) is 50.9 Å². The molecule has 0 aromatic heterocycles. The van der Waals surface area contributed by atoms with Gasteiger partial charge in [0, 0.05) is 6.42 Å². The average molecular weight is 338 g/mol. The molecule has 0 N–H and O–H groups in total. The third kappa shape index (κ3) is 3.07. The van der Waals surface area contributed by atoms with Crippen LogP contribution >= 0.6 is 0 Å². The van der Waals surface area contributed by atoms with Crippen LogP contribution < -0.4 is 0 Å². The standard InChI is InChI=1S/C19H30O5/c1-17(2,3)18(4,5)16(21)22-11-23-19-8-12-6-13(9-19)15(20)24-14(7-12)10-19/h12-14H,6-11H2,1-5H3. The number of carbonyl (C=O) groups is 2. The Morgan fingerprint density at radius 2 is 1.88 bits per heavy atom. The van der Waals surface area contributed by atoms with Crippen LogP contribution in [0.4, 0.5) is 0 Å². The molecule has 4 unspecified atom stereocenters. The van der Waals surface area contributed by atoms with E-state index in [1.165, 1.54) is 0 Å². The minimum absolute atomic E-state index is 0.0366. The fourth-order valence-electron chi connectivity index (χ4n) is 4.24. The first-order valence-corrected chi connectivity index (χ1v) is 9.04. The Hall–Kier alpha value is -1.10. The van der Waals surface area contributed by atoms with Crippen molar-refractivity contribution in [3.8, 4) is 0 Å². The largest absolute Gasteiger partial charge is 0.462 e. The summed E-state index contributed by atoms with van der Waals surface area (Å²) in [4.78, 5) is 24.5. The molecule has 136 valence electrons. The van der Waals surface area contributed by atoms with E-state index >= 15 is 0 Å². The van der Waals surface area contributed by atoms with Crippen LogP contribution in [0.25, 0.3) is 0 Å². The van der Waals surface area contributed by atoms with E-state index in [2.05, 4.69) is 0 Å². The summed E-state index contributed by atoms with van der Waals surface area (Å²) in [6.45, 7) is 9.85. The molecular weight excluding hydrogens is 308 g/mol. The summed E-state index contributed by atoms with van der Waals surface area (Å²) in [5.74, 6) is 0.108. The quantitative estimate of drug-likeness (QED) is 0.580. The summed E-state index contributed by atoms with van der Waals surface area (Å²) in [5.41, 5.74) is -1.15. The Bertz CT molecular complexity index is 532. The molecule has 4 atom stereocenters. The van der Waals surface area contributed by atoms with Crippen molar-refractivity contribution in [2.75, 3.05) is 6.79 Å². The zero-order valence-electron chi connectivity index (χ0n) is 15.5. The topological polar surface area (TPSA) is 61.8 Å². The summed E-state index contributed by atoms with van der Waals surface area (Å²) < 4.78 is 17.1. The predicted molar refractivity (Wildman–Crippen MR) is 88.0 cm³/mol. The molecule has 2 heterocycles. The van der Waals surface area contributed by atoms with Crippen LogP contribution in [-0.4, -0.2) is 30.4 Å². The highest BCUT2D eigenvalue weighted by atomic mass is 16.7. The summed E-state index contributed by atoms with van der Waals surface area (Å²) in [6, 6.07) is 0. The van der Waals surface area contributed by atoms with E-state index in [-0.39, 0.29) is 41.8 Å². The van der Waals surface area contributed by atoms with E-state index in [1.54, 1.807) is 0 Å². The van der Waals surface area contributed by atoms with Crippen molar-refractivity contribution in [1.82, 2.24) is 0 Å². The third-order valence-corrected chi connectivity index (χ3v) is 6.65. The molecule has 2 saturated carbocycles. The van der Waals surface area contributed by atoms with Gasteiger partial charge in [-0.2, -0.15) is 0 Å². The van der Waals surface area contributed by atoms with Crippen LogP contribution in [0.2, 0.25) is 0 Å². The van der Waals surface area contributed by atoms with Gasteiger partial charge in [0.2, 0.25) is 0 Å². The first-order valence-electron chi connectivity index (χ1n) is 9.04. The zero-order valence-corrected chi connectivity index (χ0v) is 15.5. The molecule has 2 aliphatic heterocycles. The summed E-state index contributed by atoms with van der Waals surface area (Å²) in [5, 5.41) is 0. The summed E-state index contributed by atoms with van der Waals surface area (Å²) in [7, 11) is 0. The fraction of sp³-hybridized carbons (Fsp3) is 0.895. The maximum Gasteiger partial charge on any atom is 0.314 e. The molecule has 0 aromatic carbocycles. The number of hydrogen-bond donors (Lipinski definition) is 0. The summed E-state index contributed by atoms with van der Waals surface area (Å²) in [6.07, 6.45) is 4.19. The van der Waals surface area contributed by atoms with Crippen LogP contribution in [0.5, 0.6) is 0 Å². The number of carbonyl (C=O) groups excluding carboxylic acids is 2. The van der Waals surface area contributed by atoms with E-state index in [4.69, 9.17) is 14.2 Å². The van der Waals surface area contributed by atoms with Crippen LogP contribution in [0, 0.1) is 22.7 Å². The van der Waals surface area contributed by atoms with E-state index in [9.17, 15) is 9.59 Å². The van der Waals surface area contributed by atoms with Gasteiger partial charge in [0.05, 0.1) is 16.9 Å². The normalized spacial score (nSPS) is 35.5. The highest BCUT2D eigenvalue weighted by Crippen LogP contribution is 2.51. The van der Waals surface area contributed by atoms with Crippen molar-refractivity contribution in [2.24, 2.45) is 22.7 Å². The number of esters is 2. The lowest BCUT2D eigenvalue weighted by atomic mass is 9.65. The first kappa shape index (κ1) is 17.7. The Kier molecular flexibility index (Phi) is 4.22. The van der Waals surface area contributed by atoms with Gasteiger partial charge in [-0.15, -0.1) is 0 Å². The molecule has 0 aromatic rings. The van der Waals surface area contributed by atoms with Crippen molar-refractivity contribution in [3.63, 3.8) is 0 Å². The Labute approximate surface area is 144 Å². The van der Waals surface area contributed by atoms with Gasteiger partial charge < -0.3 is 14.2 Å². The maximum atomic E-state index is 12.4. The lowest BCUT2D eigenvalue weighted by molar-refractivity contribution is -0.202. The summed E-state index contributed by atoms with van der Waals surface area (Å²) >= 11 is 0. The molecule has 0 amide bonds. The molecule has 5 nitrogen and oxygen atoms in total. The highest BCUT2D eigenvalue weighted by Gasteiger charge is 2.53. The minimum Gasteiger partial charge on any atom is -0.462 e. The van der Waals surface area contributed by atoms with Crippen molar-refractivity contribution in [2.45, 2.75) is 78.4 Å². The zero-order chi connectivity index (χ0) is 17.8. The van der Waals surface area contributed by atoms with Crippen LogP contribution in [0.3, 0.4) is 0 Å². The van der Waals surface area contributed by atoms with Gasteiger partial charge >= 0.3 is 11.9 Å². The Morgan fingerprint density at radius 3 is 2.54 bits per heavy atom. The second-order valence-electron chi connectivity index (χ2n) is 9.46. The molecule has 4 rings (SSSR count). The van der Waals surface area contributed by atoms with E-state index in [0.717, 1.165) is 25.7 Å². The number of rotatable bonds is 4. The third-order valence-electron chi connectivity index (χ3n) is 6.65. The van der Waals surface area contributed by atoms with E-state index in [1.807, 2.05) is 34.6 Å². The second kappa shape index (κ2) is 5.72. The Morgan fingerprint density at radius 1 is 1.17 bits per heavy atom. The number of fused-ring (bicyclic) bond motifs is 1. The number of hydrogen-bond acceptors (Lipinski definition) is 5. The smallest absolute Gasteiger partial charge is 0.314 e. The molecule has 5 heteroatoms. The molecule has 4 fully saturated rings. The van der Waals surface area contributed by atoms with Crippen molar-refractivity contribution in [1.29, 1.82) is 0 Å². The molecule has 4 aliphatic rings. The number of ether oxygens (including phenoxy) is 3. The van der Waals surface area contributed by atoms with Crippen LogP contribution in [0.1, 0.15) is 66.7 Å². The van der Waals surface area contributed by atoms with Gasteiger partial charge in [0.25, 0.3) is 0 Å². The van der Waals surface area contributed by atoms with Gasteiger partial charge in [-0.1, -0.05) is 20.8 Å². The monoisotopic (exact) mass is 338 g/mol.